The third-order valence-electron chi connectivity index (χ3n) is 5.50. The van der Waals surface area contributed by atoms with Crippen molar-refractivity contribution >= 4 is 17.8 Å². The first-order valence-electron chi connectivity index (χ1n) is 10.3. The summed E-state index contributed by atoms with van der Waals surface area (Å²) < 4.78 is 39.2. The minimum atomic E-state index is -4.57. The van der Waals surface area contributed by atoms with Gasteiger partial charge in [0.1, 0.15) is 5.54 Å². The molecule has 4 amide bonds. The highest BCUT2D eigenvalue weighted by molar-refractivity contribution is 6.09. The van der Waals surface area contributed by atoms with Crippen molar-refractivity contribution in [2.24, 2.45) is 0 Å². The van der Waals surface area contributed by atoms with Crippen molar-refractivity contribution in [1.82, 2.24) is 25.5 Å². The van der Waals surface area contributed by atoms with E-state index in [9.17, 15) is 27.6 Å². The number of amides is 4. The zero-order valence-electron chi connectivity index (χ0n) is 18.0. The molecule has 11 heteroatoms. The van der Waals surface area contributed by atoms with Crippen LogP contribution in [0.25, 0.3) is 5.69 Å². The van der Waals surface area contributed by atoms with Gasteiger partial charge in [-0.2, -0.15) is 23.3 Å². The molecule has 0 bridgehead atoms. The molecule has 176 valence electrons. The van der Waals surface area contributed by atoms with Crippen LogP contribution in [0.2, 0.25) is 0 Å². The summed E-state index contributed by atoms with van der Waals surface area (Å²) in [6, 6.07) is 15.1. The van der Waals surface area contributed by atoms with Crippen LogP contribution in [0.3, 0.4) is 0 Å². The second-order valence-corrected chi connectivity index (χ2v) is 8.02. The third kappa shape index (κ3) is 4.63. The second kappa shape index (κ2) is 8.65. The Hall–Kier alpha value is -4.15. The number of carbonyl (C=O) groups excluding carboxylic acids is 3. The molecule has 8 nitrogen and oxygen atoms in total. The molecule has 0 saturated carbocycles. The number of aromatic nitrogens is 2. The second-order valence-electron chi connectivity index (χ2n) is 8.02. The van der Waals surface area contributed by atoms with Crippen molar-refractivity contribution in [1.29, 1.82) is 0 Å². The number of carbonyl (C=O) groups is 3. The lowest BCUT2D eigenvalue weighted by molar-refractivity contribution is -0.141. The smallest absolute Gasteiger partial charge is 0.322 e. The molecular weight excluding hydrogens is 451 g/mol. The Kier molecular flexibility index (Phi) is 5.86. The Bertz CT molecular complexity index is 1220. The van der Waals surface area contributed by atoms with E-state index >= 15 is 0 Å². The summed E-state index contributed by atoms with van der Waals surface area (Å²) in [4.78, 5) is 37.9. The maximum atomic E-state index is 12.9. The topological polar surface area (TPSA) is 96.3 Å². The largest absolute Gasteiger partial charge is 0.435 e. The molecule has 4 rings (SSSR count). The van der Waals surface area contributed by atoms with E-state index in [4.69, 9.17) is 0 Å². The summed E-state index contributed by atoms with van der Waals surface area (Å²) in [6.07, 6.45) is -2.52. The van der Waals surface area contributed by atoms with Crippen molar-refractivity contribution in [2.75, 3.05) is 0 Å². The van der Waals surface area contributed by atoms with Crippen LogP contribution in [0.15, 0.2) is 66.9 Å². The summed E-state index contributed by atoms with van der Waals surface area (Å²) in [5.41, 5.74) is 1.48. The average Bonchev–Trinajstić information content (AvgIpc) is 3.39. The van der Waals surface area contributed by atoms with E-state index in [-0.39, 0.29) is 5.56 Å². The van der Waals surface area contributed by atoms with Gasteiger partial charge >= 0.3 is 12.2 Å². The predicted molar refractivity (Wildman–Crippen MR) is 115 cm³/mol. The lowest BCUT2D eigenvalue weighted by Crippen LogP contribution is -2.48. The minimum Gasteiger partial charge on any atom is -0.322 e. The molecule has 0 spiro atoms. The SMILES string of the molecule is CC1(CCc2ccccc2)NC(=O)N(NC(=O)c2ccc(-n3ccc(C(F)(F)F)n3)cc2)C1=O. The lowest BCUT2D eigenvalue weighted by Gasteiger charge is -2.21. The number of halogens is 3. The number of urea groups is 1. The summed E-state index contributed by atoms with van der Waals surface area (Å²) in [5.74, 6) is -1.31. The zero-order chi connectivity index (χ0) is 24.5. The number of aryl methyl sites for hydroxylation is 1. The molecule has 2 N–H and O–H groups in total. The number of hydrogen-bond donors (Lipinski definition) is 2. The normalized spacial score (nSPS) is 18.2. The van der Waals surface area contributed by atoms with Gasteiger partial charge < -0.3 is 5.32 Å². The van der Waals surface area contributed by atoms with Gasteiger partial charge in [0.15, 0.2) is 5.69 Å². The van der Waals surface area contributed by atoms with Gasteiger partial charge in [0.2, 0.25) is 0 Å². The number of alkyl halides is 3. The summed E-state index contributed by atoms with van der Waals surface area (Å²) in [7, 11) is 0. The standard InChI is InChI=1S/C23H20F3N5O3/c1-22(13-11-15-5-3-2-4-6-15)20(33)31(21(34)27-22)29-19(32)16-7-9-17(10-8-16)30-14-12-18(28-30)23(24,25)26/h2-10,12,14H,11,13H2,1H3,(H,27,34)(H,29,32). The maximum absolute atomic E-state index is 12.9. The molecule has 3 aromatic rings. The van der Waals surface area contributed by atoms with Crippen molar-refractivity contribution in [3.8, 4) is 5.69 Å². The molecule has 34 heavy (non-hydrogen) atoms. The highest BCUT2D eigenvalue weighted by Gasteiger charge is 2.48. The summed E-state index contributed by atoms with van der Waals surface area (Å²) in [6.45, 7) is 1.59. The van der Waals surface area contributed by atoms with Crippen LogP contribution in [0.5, 0.6) is 0 Å². The highest BCUT2D eigenvalue weighted by atomic mass is 19.4. The Morgan fingerprint density at radius 1 is 1.06 bits per heavy atom. The van der Waals surface area contributed by atoms with Gasteiger partial charge in [-0.1, -0.05) is 30.3 Å². The van der Waals surface area contributed by atoms with E-state index in [2.05, 4.69) is 15.8 Å². The first kappa shape index (κ1) is 23.0. The van der Waals surface area contributed by atoms with Gasteiger partial charge in [-0.25, -0.2) is 9.48 Å². The zero-order valence-corrected chi connectivity index (χ0v) is 18.0. The Balaban J connectivity index is 1.41. The average molecular weight is 471 g/mol. The molecule has 1 fully saturated rings. The molecule has 1 aliphatic rings. The van der Waals surface area contributed by atoms with E-state index < -0.39 is 35.3 Å². The number of imide groups is 1. The first-order valence-corrected chi connectivity index (χ1v) is 10.3. The molecule has 1 aromatic heterocycles. The van der Waals surface area contributed by atoms with Crippen LogP contribution in [-0.2, 0) is 17.4 Å². The van der Waals surface area contributed by atoms with Crippen LogP contribution in [0, 0.1) is 0 Å². The molecule has 2 heterocycles. The first-order chi connectivity index (χ1) is 16.1. The number of nitrogens with one attached hydrogen (secondary N) is 2. The van der Waals surface area contributed by atoms with Crippen LogP contribution >= 0.6 is 0 Å². The van der Waals surface area contributed by atoms with E-state index in [1.807, 2.05) is 30.3 Å². The Morgan fingerprint density at radius 2 is 1.74 bits per heavy atom. The Morgan fingerprint density at radius 3 is 2.35 bits per heavy atom. The van der Waals surface area contributed by atoms with Gasteiger partial charge in [0.05, 0.1) is 5.69 Å². The van der Waals surface area contributed by atoms with Crippen LogP contribution < -0.4 is 10.7 Å². The molecule has 0 aliphatic carbocycles. The number of nitrogens with zero attached hydrogens (tertiary/aromatic N) is 3. The van der Waals surface area contributed by atoms with Crippen LogP contribution in [-0.4, -0.2) is 38.2 Å². The van der Waals surface area contributed by atoms with E-state index in [1.165, 1.54) is 24.3 Å². The maximum Gasteiger partial charge on any atom is 0.435 e. The van der Waals surface area contributed by atoms with E-state index in [0.29, 0.717) is 23.5 Å². The lowest BCUT2D eigenvalue weighted by atomic mass is 9.93. The number of hydrogen-bond acceptors (Lipinski definition) is 4. The third-order valence-corrected chi connectivity index (χ3v) is 5.50. The van der Waals surface area contributed by atoms with Crippen molar-refractivity contribution < 1.29 is 27.6 Å². The van der Waals surface area contributed by atoms with Gasteiger partial charge in [-0.15, -0.1) is 0 Å². The molecule has 1 unspecified atom stereocenters. The van der Waals surface area contributed by atoms with Crippen molar-refractivity contribution in [3.63, 3.8) is 0 Å². The summed E-state index contributed by atoms with van der Waals surface area (Å²) >= 11 is 0. The fourth-order valence-corrected chi connectivity index (χ4v) is 3.54. The number of rotatable bonds is 6. The van der Waals surface area contributed by atoms with Crippen molar-refractivity contribution in [2.45, 2.75) is 31.5 Å². The Labute approximate surface area is 192 Å². The van der Waals surface area contributed by atoms with Gasteiger partial charge in [-0.3, -0.25) is 15.0 Å². The fraction of sp³-hybridized carbons (Fsp3) is 0.217. The van der Waals surface area contributed by atoms with Crippen LogP contribution in [0.1, 0.15) is 35.0 Å². The van der Waals surface area contributed by atoms with E-state index in [0.717, 1.165) is 22.5 Å². The molecule has 0 radical (unpaired) electrons. The number of hydrazine groups is 1. The quantitative estimate of drug-likeness (QED) is 0.538. The van der Waals surface area contributed by atoms with Crippen LogP contribution in [0.4, 0.5) is 18.0 Å². The predicted octanol–water partition coefficient (Wildman–Crippen LogP) is 3.48. The minimum absolute atomic E-state index is 0.102. The van der Waals surface area contributed by atoms with E-state index in [1.54, 1.807) is 6.92 Å². The van der Waals surface area contributed by atoms with Gasteiger partial charge in [-0.05, 0) is 55.7 Å². The highest BCUT2D eigenvalue weighted by Crippen LogP contribution is 2.28. The number of benzene rings is 2. The molecule has 2 aromatic carbocycles. The van der Waals surface area contributed by atoms with Gasteiger partial charge in [0.25, 0.3) is 11.8 Å². The monoisotopic (exact) mass is 471 g/mol. The molecule has 1 aliphatic heterocycles. The molecule has 1 atom stereocenters. The molecular formula is C23H20F3N5O3. The van der Waals surface area contributed by atoms with Crippen molar-refractivity contribution in [3.05, 3.63) is 83.7 Å². The fourth-order valence-electron chi connectivity index (χ4n) is 3.54. The molecule has 1 saturated heterocycles. The summed E-state index contributed by atoms with van der Waals surface area (Å²) in [5, 5.41) is 6.73. The van der Waals surface area contributed by atoms with Gasteiger partial charge in [0, 0.05) is 11.8 Å².